The van der Waals surface area contributed by atoms with Gasteiger partial charge in [-0.05, 0) is 6.42 Å². The smallest absolute Gasteiger partial charge is 0.422 e. The highest BCUT2D eigenvalue weighted by Gasteiger charge is 2.29. The molecule has 0 aliphatic heterocycles. The molecule has 0 heterocycles. The molecule has 0 rings (SSSR count). The number of rotatable bonds is 9. The molecule has 0 fully saturated rings. The summed E-state index contributed by atoms with van der Waals surface area (Å²) in [6.07, 6.45) is 0.191. The van der Waals surface area contributed by atoms with E-state index in [-0.39, 0.29) is 6.42 Å². The molecule has 18 heavy (non-hydrogen) atoms. The van der Waals surface area contributed by atoms with E-state index in [2.05, 4.69) is 4.74 Å². The number of alkyl halides is 3. The summed E-state index contributed by atoms with van der Waals surface area (Å²) in [5, 5.41) is 0. The molecule has 0 amide bonds. The number of unbranched alkanes of at least 4 members (excludes halogenated alkanes) is 3. The molecule has 3 nitrogen and oxygen atoms in total. The van der Waals surface area contributed by atoms with E-state index in [1.807, 2.05) is 6.92 Å². The van der Waals surface area contributed by atoms with Crippen molar-refractivity contribution in [3.63, 3.8) is 0 Å². The summed E-state index contributed by atoms with van der Waals surface area (Å²) >= 11 is 0. The Kier molecular flexibility index (Phi) is 8.41. The maximum Gasteiger partial charge on any atom is 0.422 e. The Morgan fingerprint density at radius 3 is 2.44 bits per heavy atom. The fourth-order valence-corrected chi connectivity index (χ4v) is 1.49. The molecule has 0 spiro atoms. The Bertz CT molecular complexity index is 251. The number of carbonyl (C=O) groups is 2. The van der Waals surface area contributed by atoms with Gasteiger partial charge in [0.2, 0.25) is 0 Å². The van der Waals surface area contributed by atoms with E-state index in [1.165, 1.54) is 0 Å². The summed E-state index contributed by atoms with van der Waals surface area (Å²) in [5.41, 5.74) is 0. The lowest BCUT2D eigenvalue weighted by Gasteiger charge is -2.11. The lowest BCUT2D eigenvalue weighted by molar-refractivity contribution is -0.186. The van der Waals surface area contributed by atoms with Gasteiger partial charge in [0.15, 0.2) is 6.61 Å². The van der Waals surface area contributed by atoms with Crippen molar-refractivity contribution in [2.75, 3.05) is 6.61 Å². The third kappa shape index (κ3) is 10.1. The Labute approximate surface area is 105 Å². The first-order chi connectivity index (χ1) is 8.39. The third-order valence-electron chi connectivity index (χ3n) is 2.45. The SMILES string of the molecule is CCCCCC[C@@H](C=O)CC(=O)OCC(F)(F)F. The van der Waals surface area contributed by atoms with Gasteiger partial charge in [0.25, 0.3) is 0 Å². The van der Waals surface area contributed by atoms with E-state index < -0.39 is 24.7 Å². The van der Waals surface area contributed by atoms with Crippen molar-refractivity contribution in [3.05, 3.63) is 0 Å². The zero-order valence-electron chi connectivity index (χ0n) is 10.5. The van der Waals surface area contributed by atoms with Gasteiger partial charge in [-0.1, -0.05) is 32.6 Å². The first kappa shape index (κ1) is 16.9. The summed E-state index contributed by atoms with van der Waals surface area (Å²) in [5.74, 6) is -1.51. The molecule has 0 aromatic carbocycles. The second kappa shape index (κ2) is 8.94. The molecule has 0 aromatic rings. The number of ether oxygens (including phenoxy) is 1. The molecule has 0 aliphatic rings. The van der Waals surface area contributed by atoms with Gasteiger partial charge in [-0.15, -0.1) is 0 Å². The van der Waals surface area contributed by atoms with E-state index >= 15 is 0 Å². The average Bonchev–Trinajstić information content (AvgIpc) is 2.29. The van der Waals surface area contributed by atoms with E-state index in [9.17, 15) is 22.8 Å². The monoisotopic (exact) mass is 268 g/mol. The lowest BCUT2D eigenvalue weighted by atomic mass is 9.99. The van der Waals surface area contributed by atoms with Gasteiger partial charge in [0.05, 0.1) is 6.42 Å². The van der Waals surface area contributed by atoms with Crippen molar-refractivity contribution < 1.29 is 27.5 Å². The number of hydrogen-bond donors (Lipinski definition) is 0. The average molecular weight is 268 g/mol. The first-order valence-corrected chi connectivity index (χ1v) is 6.06. The van der Waals surface area contributed by atoms with Crippen LogP contribution in [0.1, 0.15) is 45.4 Å². The molecule has 106 valence electrons. The second-order valence-corrected chi connectivity index (χ2v) is 4.23. The molecule has 0 aromatic heterocycles. The van der Waals surface area contributed by atoms with Crippen LogP contribution in [0.25, 0.3) is 0 Å². The molecule has 0 aliphatic carbocycles. The minimum Gasteiger partial charge on any atom is -0.456 e. The molecular formula is C12H19F3O3. The molecular weight excluding hydrogens is 249 g/mol. The van der Waals surface area contributed by atoms with Crippen molar-refractivity contribution in [3.8, 4) is 0 Å². The summed E-state index contributed by atoms with van der Waals surface area (Å²) in [4.78, 5) is 21.7. The summed E-state index contributed by atoms with van der Waals surface area (Å²) in [6.45, 7) is 0.457. The van der Waals surface area contributed by atoms with Crippen LogP contribution in [0, 0.1) is 5.92 Å². The zero-order valence-corrected chi connectivity index (χ0v) is 10.5. The number of esters is 1. The molecule has 0 bridgehead atoms. The minimum atomic E-state index is -4.52. The van der Waals surface area contributed by atoms with Crippen LogP contribution in [0.5, 0.6) is 0 Å². The zero-order chi connectivity index (χ0) is 14.0. The normalized spacial score (nSPS) is 13.1. The van der Waals surface area contributed by atoms with Crippen LogP contribution in [-0.2, 0) is 14.3 Å². The van der Waals surface area contributed by atoms with E-state index in [0.29, 0.717) is 12.7 Å². The predicted octanol–water partition coefficient (Wildman–Crippen LogP) is 3.27. The van der Waals surface area contributed by atoms with Gasteiger partial charge >= 0.3 is 12.1 Å². The predicted molar refractivity (Wildman–Crippen MR) is 59.9 cm³/mol. The fourth-order valence-electron chi connectivity index (χ4n) is 1.49. The Balaban J connectivity index is 3.83. The highest BCUT2D eigenvalue weighted by atomic mass is 19.4. The van der Waals surface area contributed by atoms with Crippen LogP contribution >= 0.6 is 0 Å². The summed E-state index contributed by atoms with van der Waals surface area (Å²) < 4.78 is 39.4. The third-order valence-corrected chi connectivity index (χ3v) is 2.45. The standard InChI is InChI=1S/C12H19F3O3/c1-2-3-4-5-6-10(8-16)7-11(17)18-9-12(13,14)15/h8,10H,2-7,9H2,1H3/t10-/m1/s1. The van der Waals surface area contributed by atoms with Crippen molar-refractivity contribution in [2.24, 2.45) is 5.92 Å². The Morgan fingerprint density at radius 2 is 1.94 bits per heavy atom. The minimum absolute atomic E-state index is 0.272. The summed E-state index contributed by atoms with van der Waals surface area (Å²) in [6, 6.07) is 0. The van der Waals surface area contributed by atoms with Crippen LogP contribution in [0.3, 0.4) is 0 Å². The fraction of sp³-hybridized carbons (Fsp3) is 0.833. The van der Waals surface area contributed by atoms with Gasteiger partial charge < -0.3 is 9.53 Å². The Hall–Kier alpha value is -1.07. The van der Waals surface area contributed by atoms with Crippen molar-refractivity contribution in [1.82, 2.24) is 0 Å². The number of aldehydes is 1. The first-order valence-electron chi connectivity index (χ1n) is 6.06. The maximum atomic E-state index is 11.8. The quantitative estimate of drug-likeness (QED) is 0.366. The number of hydrogen-bond acceptors (Lipinski definition) is 3. The van der Waals surface area contributed by atoms with Crippen LogP contribution < -0.4 is 0 Å². The number of halogens is 3. The highest BCUT2D eigenvalue weighted by Crippen LogP contribution is 2.17. The summed E-state index contributed by atoms with van der Waals surface area (Å²) in [7, 11) is 0. The molecule has 1 atom stereocenters. The van der Waals surface area contributed by atoms with Crippen molar-refractivity contribution >= 4 is 12.3 Å². The highest BCUT2D eigenvalue weighted by molar-refractivity contribution is 5.73. The topological polar surface area (TPSA) is 43.4 Å². The molecule has 0 saturated heterocycles. The van der Waals surface area contributed by atoms with Crippen LogP contribution in [-0.4, -0.2) is 25.0 Å². The van der Waals surface area contributed by atoms with Gasteiger partial charge in [-0.2, -0.15) is 13.2 Å². The van der Waals surface area contributed by atoms with Gasteiger partial charge in [0, 0.05) is 5.92 Å². The van der Waals surface area contributed by atoms with Crippen LogP contribution in [0.2, 0.25) is 0 Å². The van der Waals surface area contributed by atoms with E-state index in [0.717, 1.165) is 25.7 Å². The molecule has 0 saturated carbocycles. The van der Waals surface area contributed by atoms with Crippen molar-refractivity contribution in [2.45, 2.75) is 51.6 Å². The maximum absolute atomic E-state index is 11.8. The number of carbonyl (C=O) groups excluding carboxylic acids is 2. The molecule has 6 heteroatoms. The van der Waals surface area contributed by atoms with Gasteiger partial charge in [0.1, 0.15) is 6.29 Å². The molecule has 0 N–H and O–H groups in total. The van der Waals surface area contributed by atoms with Crippen molar-refractivity contribution in [1.29, 1.82) is 0 Å². The van der Waals surface area contributed by atoms with E-state index in [4.69, 9.17) is 0 Å². The van der Waals surface area contributed by atoms with Crippen LogP contribution in [0.15, 0.2) is 0 Å². The van der Waals surface area contributed by atoms with Crippen LogP contribution in [0.4, 0.5) is 13.2 Å². The van der Waals surface area contributed by atoms with Gasteiger partial charge in [-0.3, -0.25) is 4.79 Å². The molecule has 0 unspecified atom stereocenters. The largest absolute Gasteiger partial charge is 0.456 e. The van der Waals surface area contributed by atoms with Gasteiger partial charge in [-0.25, -0.2) is 0 Å². The Morgan fingerprint density at radius 1 is 1.28 bits per heavy atom. The lowest BCUT2D eigenvalue weighted by Crippen LogP contribution is -2.22. The second-order valence-electron chi connectivity index (χ2n) is 4.23. The molecule has 0 radical (unpaired) electrons. The van der Waals surface area contributed by atoms with E-state index in [1.54, 1.807) is 0 Å².